The molecule has 1 heteroatoms. The Labute approximate surface area is 73.8 Å². The van der Waals surface area contributed by atoms with Gasteiger partial charge in [-0.25, -0.2) is 0 Å². The normalized spacial score (nSPS) is 21.0. The highest BCUT2D eigenvalue weighted by molar-refractivity contribution is 5.39. The lowest BCUT2D eigenvalue weighted by Crippen LogP contribution is -2.10. The van der Waals surface area contributed by atoms with Crippen LogP contribution in [0.5, 0.6) is 0 Å². The van der Waals surface area contributed by atoms with E-state index in [1.54, 1.807) is 0 Å². The van der Waals surface area contributed by atoms with E-state index in [9.17, 15) is 0 Å². The van der Waals surface area contributed by atoms with E-state index in [4.69, 9.17) is 0 Å². The quantitative estimate of drug-likeness (QED) is 0.667. The molecule has 0 saturated carbocycles. The molecular weight excluding hydrogens is 146 g/mol. The molecule has 1 N–H and O–H groups in total. The van der Waals surface area contributed by atoms with Gasteiger partial charge in [0, 0.05) is 12.6 Å². The maximum atomic E-state index is 3.51. The smallest absolute Gasteiger partial charge is 0.0323 e. The van der Waals surface area contributed by atoms with Gasteiger partial charge in [0.15, 0.2) is 0 Å². The summed E-state index contributed by atoms with van der Waals surface area (Å²) in [5.74, 6) is 0. The largest absolute Gasteiger partial charge is 0.306 e. The molecule has 12 heavy (non-hydrogen) atoms. The van der Waals surface area contributed by atoms with Gasteiger partial charge in [-0.15, -0.1) is 0 Å². The Morgan fingerprint density at radius 2 is 2.33 bits per heavy atom. The van der Waals surface area contributed by atoms with E-state index in [2.05, 4.69) is 37.4 Å². The summed E-state index contributed by atoms with van der Waals surface area (Å²) in [6.45, 7) is 5.48. The first kappa shape index (κ1) is 7.81. The zero-order valence-electron chi connectivity index (χ0n) is 7.72. The van der Waals surface area contributed by atoms with Gasteiger partial charge in [0.2, 0.25) is 0 Å². The lowest BCUT2D eigenvalue weighted by atomic mass is 10.00. The number of rotatable bonds is 1. The first-order valence-corrected chi connectivity index (χ1v) is 4.64. The summed E-state index contributed by atoms with van der Waals surface area (Å²) in [5.41, 5.74) is 4.46. The van der Waals surface area contributed by atoms with Gasteiger partial charge >= 0.3 is 0 Å². The van der Waals surface area contributed by atoms with Gasteiger partial charge in [-0.05, 0) is 30.0 Å². The molecule has 0 saturated heterocycles. The minimum Gasteiger partial charge on any atom is -0.306 e. The minimum atomic E-state index is 0.597. The molecule has 64 valence electrons. The molecule has 1 atom stereocenters. The molecule has 1 aliphatic heterocycles. The van der Waals surface area contributed by atoms with Crippen LogP contribution in [0.4, 0.5) is 0 Å². The molecule has 0 aliphatic carbocycles. The van der Waals surface area contributed by atoms with Crippen molar-refractivity contribution in [3.05, 3.63) is 34.9 Å². The Balaban J connectivity index is 2.46. The van der Waals surface area contributed by atoms with Crippen LogP contribution >= 0.6 is 0 Å². The molecule has 0 amide bonds. The standard InChI is InChI=1S/C11H15N/c1-3-11-9-6-4-5-8(2)10(9)7-12-11/h4-6,11-12H,3,7H2,1-2H3. The van der Waals surface area contributed by atoms with Gasteiger partial charge in [0.1, 0.15) is 0 Å². The van der Waals surface area contributed by atoms with Crippen molar-refractivity contribution in [3.63, 3.8) is 0 Å². The average Bonchev–Trinajstić information content (AvgIpc) is 2.49. The van der Waals surface area contributed by atoms with Crippen molar-refractivity contribution in [2.45, 2.75) is 32.9 Å². The highest BCUT2D eigenvalue weighted by Crippen LogP contribution is 2.29. The molecule has 1 nitrogen and oxygen atoms in total. The lowest BCUT2D eigenvalue weighted by Gasteiger charge is -2.08. The fraction of sp³-hybridized carbons (Fsp3) is 0.455. The third-order valence-corrected chi connectivity index (χ3v) is 2.76. The monoisotopic (exact) mass is 161 g/mol. The Bertz CT molecular complexity index is 291. The Morgan fingerprint density at radius 3 is 3.08 bits per heavy atom. The molecule has 0 fully saturated rings. The van der Waals surface area contributed by atoms with Crippen molar-refractivity contribution in [2.24, 2.45) is 0 Å². The van der Waals surface area contributed by atoms with Crippen LogP contribution in [0.25, 0.3) is 0 Å². The number of aryl methyl sites for hydroxylation is 1. The Morgan fingerprint density at radius 1 is 1.50 bits per heavy atom. The molecule has 1 aliphatic rings. The second-order valence-corrected chi connectivity index (χ2v) is 3.48. The summed E-state index contributed by atoms with van der Waals surface area (Å²) >= 11 is 0. The van der Waals surface area contributed by atoms with Crippen LogP contribution in [0.1, 0.15) is 36.1 Å². The Hall–Kier alpha value is -0.820. The highest BCUT2D eigenvalue weighted by atomic mass is 14.9. The third-order valence-electron chi connectivity index (χ3n) is 2.76. The molecule has 1 unspecified atom stereocenters. The molecule has 0 aromatic heterocycles. The molecule has 1 aromatic carbocycles. The topological polar surface area (TPSA) is 12.0 Å². The first-order chi connectivity index (χ1) is 5.83. The van der Waals surface area contributed by atoms with Gasteiger partial charge < -0.3 is 5.32 Å². The van der Waals surface area contributed by atoms with Crippen LogP contribution in [0, 0.1) is 6.92 Å². The summed E-state index contributed by atoms with van der Waals surface area (Å²) in [6, 6.07) is 7.19. The summed E-state index contributed by atoms with van der Waals surface area (Å²) in [7, 11) is 0. The van der Waals surface area contributed by atoms with Crippen LogP contribution in [0.2, 0.25) is 0 Å². The van der Waals surface area contributed by atoms with Crippen LogP contribution in [-0.2, 0) is 6.54 Å². The number of benzene rings is 1. The molecule has 0 bridgehead atoms. The second kappa shape index (κ2) is 2.91. The van der Waals surface area contributed by atoms with E-state index < -0.39 is 0 Å². The second-order valence-electron chi connectivity index (χ2n) is 3.48. The zero-order chi connectivity index (χ0) is 8.55. The van der Waals surface area contributed by atoms with E-state index in [1.807, 2.05) is 0 Å². The Kier molecular flexibility index (Phi) is 1.89. The maximum Gasteiger partial charge on any atom is 0.0323 e. The number of nitrogens with one attached hydrogen (secondary N) is 1. The van der Waals surface area contributed by atoms with Crippen LogP contribution in [0.3, 0.4) is 0 Å². The van der Waals surface area contributed by atoms with E-state index in [-0.39, 0.29) is 0 Å². The van der Waals surface area contributed by atoms with E-state index in [0.717, 1.165) is 6.54 Å². The molecule has 0 radical (unpaired) electrons. The lowest BCUT2D eigenvalue weighted by molar-refractivity contribution is 0.567. The van der Waals surface area contributed by atoms with Crippen molar-refractivity contribution < 1.29 is 0 Å². The van der Waals surface area contributed by atoms with Crippen LogP contribution in [-0.4, -0.2) is 0 Å². The SMILES string of the molecule is CCC1NCc2c(C)cccc21. The summed E-state index contributed by atoms with van der Waals surface area (Å²) in [6.07, 6.45) is 1.19. The number of hydrogen-bond donors (Lipinski definition) is 1. The van der Waals surface area contributed by atoms with Gasteiger partial charge in [-0.1, -0.05) is 25.1 Å². The highest BCUT2D eigenvalue weighted by Gasteiger charge is 2.20. The summed E-state index contributed by atoms with van der Waals surface area (Å²) in [4.78, 5) is 0. The molecule has 2 rings (SSSR count). The molecule has 1 heterocycles. The maximum absolute atomic E-state index is 3.51. The van der Waals surface area contributed by atoms with Crippen molar-refractivity contribution in [2.75, 3.05) is 0 Å². The molecular formula is C11H15N. The predicted molar refractivity (Wildman–Crippen MR) is 51.1 cm³/mol. The van der Waals surface area contributed by atoms with E-state index in [1.165, 1.54) is 23.1 Å². The van der Waals surface area contributed by atoms with Gasteiger partial charge in [-0.3, -0.25) is 0 Å². The summed E-state index contributed by atoms with van der Waals surface area (Å²) < 4.78 is 0. The van der Waals surface area contributed by atoms with Crippen molar-refractivity contribution in [1.29, 1.82) is 0 Å². The molecule has 1 aromatic rings. The van der Waals surface area contributed by atoms with Crippen molar-refractivity contribution in [3.8, 4) is 0 Å². The van der Waals surface area contributed by atoms with Gasteiger partial charge in [0.05, 0.1) is 0 Å². The zero-order valence-corrected chi connectivity index (χ0v) is 7.72. The third kappa shape index (κ3) is 1.05. The number of hydrogen-bond acceptors (Lipinski definition) is 1. The number of fused-ring (bicyclic) bond motifs is 1. The fourth-order valence-electron chi connectivity index (χ4n) is 1.99. The van der Waals surface area contributed by atoms with Gasteiger partial charge in [-0.2, -0.15) is 0 Å². The fourth-order valence-corrected chi connectivity index (χ4v) is 1.99. The predicted octanol–water partition coefficient (Wildman–Crippen LogP) is 2.55. The molecule has 0 spiro atoms. The van der Waals surface area contributed by atoms with Crippen molar-refractivity contribution >= 4 is 0 Å². The van der Waals surface area contributed by atoms with Crippen LogP contribution < -0.4 is 5.32 Å². The van der Waals surface area contributed by atoms with Crippen molar-refractivity contribution in [1.82, 2.24) is 5.32 Å². The first-order valence-electron chi connectivity index (χ1n) is 4.64. The van der Waals surface area contributed by atoms with E-state index in [0.29, 0.717) is 6.04 Å². The van der Waals surface area contributed by atoms with Gasteiger partial charge in [0.25, 0.3) is 0 Å². The minimum absolute atomic E-state index is 0.597. The summed E-state index contributed by atoms with van der Waals surface area (Å²) in [5, 5.41) is 3.51. The average molecular weight is 161 g/mol. The van der Waals surface area contributed by atoms with Crippen LogP contribution in [0.15, 0.2) is 18.2 Å². The van der Waals surface area contributed by atoms with E-state index >= 15 is 0 Å².